The molecule has 5 rings (SSSR count). The summed E-state index contributed by atoms with van der Waals surface area (Å²) in [4.78, 5) is 2.02. The standard InChI is InChI=1S/C30H41FN4O3S/c1-33(19-20-34(2)39(32,36)37)18-10-17-30(31)21-35-26-15-8-6-13-24(26)28(23-11-4-3-5-12-23)29(35)25-14-7-9-16-27(25)38-22-30/h6-9,13-16,23H,3-5,10-12,17-22H2,1-2H3,(H2,32,36,37). The maximum Gasteiger partial charge on any atom is 0.276 e. The van der Waals surface area contributed by atoms with Crippen LogP contribution in [-0.2, 0) is 16.8 Å². The number of aromatic nitrogens is 1. The fourth-order valence-electron chi connectivity index (χ4n) is 6.28. The fraction of sp³-hybridized carbons (Fsp3) is 0.533. The van der Waals surface area contributed by atoms with Gasteiger partial charge in [0, 0.05) is 36.6 Å². The molecular formula is C30H41FN4O3S. The van der Waals surface area contributed by atoms with Gasteiger partial charge in [-0.15, -0.1) is 0 Å². The van der Waals surface area contributed by atoms with Gasteiger partial charge in [-0.3, -0.25) is 0 Å². The molecule has 9 heteroatoms. The van der Waals surface area contributed by atoms with Gasteiger partial charge in [-0.1, -0.05) is 49.6 Å². The van der Waals surface area contributed by atoms with Crippen LogP contribution < -0.4 is 9.88 Å². The van der Waals surface area contributed by atoms with E-state index in [-0.39, 0.29) is 13.2 Å². The molecule has 0 bridgehead atoms. The minimum atomic E-state index is -3.70. The second-order valence-corrected chi connectivity index (χ2v) is 13.1. The van der Waals surface area contributed by atoms with Gasteiger partial charge in [0.15, 0.2) is 5.67 Å². The predicted molar refractivity (Wildman–Crippen MR) is 155 cm³/mol. The number of hydrogen-bond acceptors (Lipinski definition) is 4. The maximum atomic E-state index is 16.8. The van der Waals surface area contributed by atoms with E-state index in [1.165, 1.54) is 37.3 Å². The lowest BCUT2D eigenvalue weighted by Crippen LogP contribution is -2.40. The van der Waals surface area contributed by atoms with E-state index in [1.54, 1.807) is 0 Å². The molecule has 2 aliphatic rings. The first-order valence-corrected chi connectivity index (χ1v) is 15.6. The Hall–Kier alpha value is -2.46. The van der Waals surface area contributed by atoms with E-state index < -0.39 is 15.9 Å². The van der Waals surface area contributed by atoms with Crippen LogP contribution in [0.25, 0.3) is 22.2 Å². The lowest BCUT2D eigenvalue weighted by molar-refractivity contribution is 0.0536. The Kier molecular flexibility index (Phi) is 8.33. The van der Waals surface area contributed by atoms with Crippen molar-refractivity contribution < 1.29 is 17.5 Å². The molecule has 39 heavy (non-hydrogen) atoms. The third-order valence-corrected chi connectivity index (χ3v) is 9.54. The van der Waals surface area contributed by atoms with Gasteiger partial charge in [-0.25, -0.2) is 9.53 Å². The molecule has 1 aliphatic carbocycles. The van der Waals surface area contributed by atoms with Gasteiger partial charge in [0.1, 0.15) is 12.4 Å². The summed E-state index contributed by atoms with van der Waals surface area (Å²) >= 11 is 0. The van der Waals surface area contributed by atoms with Gasteiger partial charge >= 0.3 is 0 Å². The number of ether oxygens (including phenoxy) is 1. The van der Waals surface area contributed by atoms with Crippen LogP contribution in [0.4, 0.5) is 4.39 Å². The van der Waals surface area contributed by atoms with E-state index in [1.807, 2.05) is 30.1 Å². The molecule has 1 aromatic heterocycles. The quantitative estimate of drug-likeness (QED) is 0.388. The Morgan fingerprint density at radius 2 is 1.74 bits per heavy atom. The molecule has 0 saturated heterocycles. The number of hydrogen-bond donors (Lipinski definition) is 1. The molecule has 1 saturated carbocycles. The number of rotatable bonds is 9. The molecule has 1 aliphatic heterocycles. The molecule has 1 unspecified atom stereocenters. The van der Waals surface area contributed by atoms with Gasteiger partial charge in [-0.2, -0.15) is 12.7 Å². The predicted octanol–water partition coefficient (Wildman–Crippen LogP) is 5.30. The number of halogens is 1. The summed E-state index contributed by atoms with van der Waals surface area (Å²) in [5.41, 5.74) is 3.06. The van der Waals surface area contributed by atoms with Gasteiger partial charge in [0.2, 0.25) is 0 Å². The average Bonchev–Trinajstić information content (AvgIpc) is 3.23. The molecule has 0 spiro atoms. The number of alkyl halides is 1. The topological polar surface area (TPSA) is 80.8 Å². The molecule has 2 N–H and O–H groups in total. The van der Waals surface area contributed by atoms with Crippen molar-refractivity contribution in [1.82, 2.24) is 13.8 Å². The molecule has 0 radical (unpaired) electrons. The summed E-state index contributed by atoms with van der Waals surface area (Å²) in [6, 6.07) is 16.6. The minimum Gasteiger partial charge on any atom is -0.489 e. The normalized spacial score (nSPS) is 20.5. The largest absolute Gasteiger partial charge is 0.489 e. The van der Waals surface area contributed by atoms with Gasteiger partial charge in [-0.05, 0) is 69.0 Å². The van der Waals surface area contributed by atoms with Crippen molar-refractivity contribution in [2.45, 2.75) is 63.1 Å². The highest BCUT2D eigenvalue weighted by Gasteiger charge is 2.37. The Bertz CT molecular complexity index is 1400. The van der Waals surface area contributed by atoms with Crippen LogP contribution >= 0.6 is 0 Å². The van der Waals surface area contributed by atoms with E-state index >= 15 is 4.39 Å². The summed E-state index contributed by atoms with van der Waals surface area (Å²) in [6.45, 7) is 1.69. The zero-order valence-electron chi connectivity index (χ0n) is 23.1. The lowest BCUT2D eigenvalue weighted by atomic mass is 9.81. The summed E-state index contributed by atoms with van der Waals surface area (Å²) < 4.78 is 49.3. The van der Waals surface area contributed by atoms with Crippen molar-refractivity contribution in [2.75, 3.05) is 40.3 Å². The first kappa shape index (κ1) is 28.1. The Morgan fingerprint density at radius 1 is 1.03 bits per heavy atom. The number of nitrogens with zero attached hydrogens (tertiary/aromatic N) is 3. The fourth-order valence-corrected chi connectivity index (χ4v) is 6.62. The lowest BCUT2D eigenvalue weighted by Gasteiger charge is -2.32. The van der Waals surface area contributed by atoms with E-state index in [0.717, 1.165) is 39.7 Å². The second kappa shape index (κ2) is 11.6. The van der Waals surface area contributed by atoms with Crippen molar-refractivity contribution in [2.24, 2.45) is 5.14 Å². The highest BCUT2D eigenvalue weighted by atomic mass is 32.2. The molecule has 212 valence electrons. The molecule has 1 fully saturated rings. The first-order chi connectivity index (χ1) is 18.7. The number of para-hydroxylation sites is 2. The third kappa shape index (κ3) is 6.16. The van der Waals surface area contributed by atoms with E-state index in [9.17, 15) is 8.42 Å². The van der Waals surface area contributed by atoms with Crippen molar-refractivity contribution in [3.8, 4) is 17.0 Å². The molecule has 2 aromatic carbocycles. The van der Waals surface area contributed by atoms with Gasteiger partial charge < -0.3 is 14.2 Å². The molecule has 2 heterocycles. The number of nitrogens with two attached hydrogens (primary N) is 1. The van der Waals surface area contributed by atoms with E-state index in [4.69, 9.17) is 9.88 Å². The van der Waals surface area contributed by atoms with Crippen LogP contribution in [0.5, 0.6) is 5.75 Å². The number of likely N-dealkylation sites (N-methyl/N-ethyl adjacent to an activating group) is 2. The second-order valence-electron chi connectivity index (χ2n) is 11.4. The SMILES string of the molecule is CN(CCCC1(F)COc2ccccc2-c2c(C3CCCCC3)c3ccccc3n2C1)CCN(C)S(N)(=O)=O. The van der Waals surface area contributed by atoms with Crippen LogP contribution in [-0.4, -0.2) is 68.2 Å². The summed E-state index contributed by atoms with van der Waals surface area (Å²) in [5, 5.41) is 6.42. The van der Waals surface area contributed by atoms with Crippen LogP contribution in [0, 0.1) is 0 Å². The molecular weight excluding hydrogens is 515 g/mol. The van der Waals surface area contributed by atoms with Crippen molar-refractivity contribution >= 4 is 21.1 Å². The highest BCUT2D eigenvalue weighted by Crippen LogP contribution is 2.47. The third-order valence-electron chi connectivity index (χ3n) is 8.49. The highest BCUT2D eigenvalue weighted by molar-refractivity contribution is 7.86. The molecule has 1 atom stereocenters. The van der Waals surface area contributed by atoms with E-state index in [0.29, 0.717) is 38.4 Å². The van der Waals surface area contributed by atoms with Crippen LogP contribution in [0.2, 0.25) is 0 Å². The molecule has 0 amide bonds. The minimum absolute atomic E-state index is 0.00735. The van der Waals surface area contributed by atoms with Crippen molar-refractivity contribution in [3.05, 3.63) is 54.1 Å². The van der Waals surface area contributed by atoms with Crippen LogP contribution in [0.1, 0.15) is 56.4 Å². The van der Waals surface area contributed by atoms with Gasteiger partial charge in [0.05, 0.1) is 12.2 Å². The number of benzene rings is 2. The van der Waals surface area contributed by atoms with Gasteiger partial charge in [0.25, 0.3) is 10.2 Å². The smallest absolute Gasteiger partial charge is 0.276 e. The summed E-state index contributed by atoms with van der Waals surface area (Å²) in [6.07, 6.45) is 7.04. The van der Waals surface area contributed by atoms with E-state index in [2.05, 4.69) is 34.9 Å². The molecule has 7 nitrogen and oxygen atoms in total. The zero-order chi connectivity index (χ0) is 27.6. The average molecular weight is 557 g/mol. The first-order valence-electron chi connectivity index (χ1n) is 14.1. The zero-order valence-corrected chi connectivity index (χ0v) is 23.9. The monoisotopic (exact) mass is 556 g/mol. The van der Waals surface area contributed by atoms with Crippen molar-refractivity contribution in [1.29, 1.82) is 0 Å². The summed E-state index contributed by atoms with van der Waals surface area (Å²) in [7, 11) is -0.324. The van der Waals surface area contributed by atoms with Crippen LogP contribution in [0.3, 0.4) is 0 Å². The maximum absolute atomic E-state index is 16.8. The van der Waals surface area contributed by atoms with Crippen LogP contribution in [0.15, 0.2) is 48.5 Å². The van der Waals surface area contributed by atoms with Crippen molar-refractivity contribution in [3.63, 3.8) is 0 Å². The Balaban J connectivity index is 1.43. The Morgan fingerprint density at radius 3 is 2.51 bits per heavy atom. The Labute approximate surface area is 231 Å². The number of fused-ring (bicyclic) bond motifs is 5. The molecule has 3 aromatic rings. The summed E-state index contributed by atoms with van der Waals surface area (Å²) in [5.74, 6) is 1.20.